The maximum atomic E-state index is 8.68. The first-order valence-corrected chi connectivity index (χ1v) is 5.03. The lowest BCUT2D eigenvalue weighted by atomic mass is 10.2. The molecule has 3 nitrogen and oxygen atoms in total. The second-order valence-corrected chi connectivity index (χ2v) is 3.27. The van der Waals surface area contributed by atoms with E-state index in [4.69, 9.17) is 10.2 Å². The topological polar surface area (TPSA) is 53.4 Å². The van der Waals surface area contributed by atoms with Crippen LogP contribution in [0.15, 0.2) is 18.2 Å². The standard InChI is InChI=1S/C11H17NO2/c13-8-2-6-10-4-1-5-11(12-10)7-3-9-14/h1,4-5,13-14H,2-3,6-9H2. The van der Waals surface area contributed by atoms with Crippen LogP contribution in [0.1, 0.15) is 24.2 Å². The molecule has 3 heteroatoms. The summed E-state index contributed by atoms with van der Waals surface area (Å²) < 4.78 is 0. The Kier molecular flexibility index (Phi) is 5.19. The van der Waals surface area contributed by atoms with Crippen LogP contribution in [0.25, 0.3) is 0 Å². The first-order chi connectivity index (χ1) is 6.86. The van der Waals surface area contributed by atoms with Crippen molar-refractivity contribution in [1.29, 1.82) is 0 Å². The zero-order valence-electron chi connectivity index (χ0n) is 8.32. The molecule has 0 bridgehead atoms. The fourth-order valence-corrected chi connectivity index (χ4v) is 1.33. The van der Waals surface area contributed by atoms with Crippen LogP contribution < -0.4 is 0 Å². The van der Waals surface area contributed by atoms with Crippen molar-refractivity contribution in [2.45, 2.75) is 25.7 Å². The SMILES string of the molecule is OCCCc1cccc(CCCO)n1. The Morgan fingerprint density at radius 1 is 0.929 bits per heavy atom. The summed E-state index contributed by atoms with van der Waals surface area (Å²) in [6.45, 7) is 0.422. The number of aliphatic hydroxyl groups excluding tert-OH is 2. The average molecular weight is 195 g/mol. The minimum Gasteiger partial charge on any atom is -0.396 e. The molecule has 0 spiro atoms. The summed E-state index contributed by atoms with van der Waals surface area (Å²) in [6.07, 6.45) is 3.17. The van der Waals surface area contributed by atoms with E-state index in [0.717, 1.165) is 37.1 Å². The number of aliphatic hydroxyl groups is 2. The molecule has 0 aromatic carbocycles. The zero-order valence-corrected chi connectivity index (χ0v) is 8.32. The maximum Gasteiger partial charge on any atom is 0.0434 e. The van der Waals surface area contributed by atoms with E-state index < -0.39 is 0 Å². The Bertz CT molecular complexity index is 240. The molecule has 0 aliphatic carbocycles. The summed E-state index contributed by atoms with van der Waals surface area (Å²) in [5.41, 5.74) is 2.05. The number of aryl methyl sites for hydroxylation is 2. The lowest BCUT2D eigenvalue weighted by Crippen LogP contribution is -1.98. The number of hydrogen-bond donors (Lipinski definition) is 2. The van der Waals surface area contributed by atoms with Gasteiger partial charge in [0.15, 0.2) is 0 Å². The number of aromatic nitrogens is 1. The van der Waals surface area contributed by atoms with E-state index in [1.165, 1.54) is 0 Å². The van der Waals surface area contributed by atoms with Crippen molar-refractivity contribution in [3.63, 3.8) is 0 Å². The molecule has 0 saturated heterocycles. The van der Waals surface area contributed by atoms with Crippen LogP contribution >= 0.6 is 0 Å². The molecular formula is C11H17NO2. The summed E-state index contributed by atoms with van der Waals surface area (Å²) in [4.78, 5) is 4.43. The van der Waals surface area contributed by atoms with Crippen molar-refractivity contribution >= 4 is 0 Å². The van der Waals surface area contributed by atoms with Gasteiger partial charge in [0, 0.05) is 24.6 Å². The summed E-state index contributed by atoms with van der Waals surface area (Å²) in [5.74, 6) is 0. The van der Waals surface area contributed by atoms with Gasteiger partial charge in [-0.15, -0.1) is 0 Å². The molecule has 1 aromatic heterocycles. The van der Waals surface area contributed by atoms with Crippen molar-refractivity contribution in [2.75, 3.05) is 13.2 Å². The summed E-state index contributed by atoms with van der Waals surface area (Å²) >= 11 is 0. The Balaban J connectivity index is 2.50. The van der Waals surface area contributed by atoms with Gasteiger partial charge in [-0.2, -0.15) is 0 Å². The molecule has 0 radical (unpaired) electrons. The molecule has 1 rings (SSSR count). The largest absolute Gasteiger partial charge is 0.396 e. The Hall–Kier alpha value is -0.930. The third-order valence-electron chi connectivity index (χ3n) is 2.05. The first kappa shape index (κ1) is 11.1. The van der Waals surface area contributed by atoms with Crippen molar-refractivity contribution < 1.29 is 10.2 Å². The van der Waals surface area contributed by atoms with E-state index in [9.17, 15) is 0 Å². The van der Waals surface area contributed by atoms with Gasteiger partial charge in [-0.3, -0.25) is 4.98 Å². The number of hydrogen-bond acceptors (Lipinski definition) is 3. The molecular weight excluding hydrogens is 178 g/mol. The molecule has 0 atom stereocenters. The molecule has 1 heterocycles. The second kappa shape index (κ2) is 6.51. The van der Waals surface area contributed by atoms with Crippen LogP contribution in [0, 0.1) is 0 Å². The fraction of sp³-hybridized carbons (Fsp3) is 0.545. The van der Waals surface area contributed by atoms with E-state index in [-0.39, 0.29) is 13.2 Å². The van der Waals surface area contributed by atoms with E-state index in [0.29, 0.717) is 0 Å². The average Bonchev–Trinajstić information content (AvgIpc) is 2.24. The van der Waals surface area contributed by atoms with Gasteiger partial charge in [0.1, 0.15) is 0 Å². The van der Waals surface area contributed by atoms with Gasteiger partial charge >= 0.3 is 0 Å². The molecule has 0 saturated carbocycles. The fourth-order valence-electron chi connectivity index (χ4n) is 1.33. The van der Waals surface area contributed by atoms with Gasteiger partial charge in [-0.25, -0.2) is 0 Å². The zero-order chi connectivity index (χ0) is 10.2. The van der Waals surface area contributed by atoms with Gasteiger partial charge < -0.3 is 10.2 Å². The summed E-state index contributed by atoms with van der Waals surface area (Å²) in [7, 11) is 0. The quantitative estimate of drug-likeness (QED) is 0.710. The molecule has 1 aromatic rings. The molecule has 0 fully saturated rings. The molecule has 14 heavy (non-hydrogen) atoms. The van der Waals surface area contributed by atoms with E-state index >= 15 is 0 Å². The van der Waals surface area contributed by atoms with E-state index in [1.54, 1.807) is 0 Å². The number of rotatable bonds is 6. The molecule has 78 valence electrons. The normalized spacial score (nSPS) is 10.4. The van der Waals surface area contributed by atoms with Crippen molar-refractivity contribution in [3.05, 3.63) is 29.6 Å². The highest BCUT2D eigenvalue weighted by atomic mass is 16.3. The van der Waals surface area contributed by atoms with Gasteiger partial charge in [0.2, 0.25) is 0 Å². The van der Waals surface area contributed by atoms with Crippen LogP contribution in [0.5, 0.6) is 0 Å². The van der Waals surface area contributed by atoms with E-state index in [1.807, 2.05) is 18.2 Å². The molecule has 0 aliphatic rings. The highest BCUT2D eigenvalue weighted by Crippen LogP contribution is 2.04. The van der Waals surface area contributed by atoms with Crippen LogP contribution in [0.3, 0.4) is 0 Å². The minimum absolute atomic E-state index is 0.211. The van der Waals surface area contributed by atoms with Gasteiger partial charge in [0.05, 0.1) is 0 Å². The Labute approximate surface area is 84.4 Å². The molecule has 0 amide bonds. The number of pyridine rings is 1. The Morgan fingerprint density at radius 3 is 1.86 bits per heavy atom. The van der Waals surface area contributed by atoms with Gasteiger partial charge in [-0.05, 0) is 37.8 Å². The monoisotopic (exact) mass is 195 g/mol. The van der Waals surface area contributed by atoms with Crippen LogP contribution in [0.4, 0.5) is 0 Å². The predicted octanol–water partition coefficient (Wildman–Crippen LogP) is 0.931. The lowest BCUT2D eigenvalue weighted by Gasteiger charge is -2.02. The minimum atomic E-state index is 0.211. The van der Waals surface area contributed by atoms with Crippen LogP contribution in [-0.4, -0.2) is 28.4 Å². The predicted molar refractivity (Wildman–Crippen MR) is 55.1 cm³/mol. The first-order valence-electron chi connectivity index (χ1n) is 5.03. The second-order valence-electron chi connectivity index (χ2n) is 3.27. The molecule has 0 unspecified atom stereocenters. The molecule has 0 aliphatic heterocycles. The van der Waals surface area contributed by atoms with Crippen LogP contribution in [0.2, 0.25) is 0 Å². The third kappa shape index (κ3) is 3.85. The summed E-state index contributed by atoms with van der Waals surface area (Å²) in [6, 6.07) is 5.92. The molecule has 2 N–H and O–H groups in total. The smallest absolute Gasteiger partial charge is 0.0434 e. The Morgan fingerprint density at radius 2 is 1.43 bits per heavy atom. The van der Waals surface area contributed by atoms with Crippen molar-refractivity contribution in [2.24, 2.45) is 0 Å². The van der Waals surface area contributed by atoms with Gasteiger partial charge in [0.25, 0.3) is 0 Å². The van der Waals surface area contributed by atoms with E-state index in [2.05, 4.69) is 4.98 Å². The number of nitrogens with zero attached hydrogens (tertiary/aromatic N) is 1. The summed E-state index contributed by atoms with van der Waals surface area (Å²) in [5, 5.41) is 17.4. The highest BCUT2D eigenvalue weighted by Gasteiger charge is 1.97. The highest BCUT2D eigenvalue weighted by molar-refractivity contribution is 5.11. The lowest BCUT2D eigenvalue weighted by molar-refractivity contribution is 0.287. The van der Waals surface area contributed by atoms with Crippen molar-refractivity contribution in [3.8, 4) is 0 Å². The maximum absolute atomic E-state index is 8.68. The third-order valence-corrected chi connectivity index (χ3v) is 2.05. The van der Waals surface area contributed by atoms with Crippen molar-refractivity contribution in [1.82, 2.24) is 4.98 Å². The van der Waals surface area contributed by atoms with Gasteiger partial charge in [-0.1, -0.05) is 6.07 Å². The van der Waals surface area contributed by atoms with Crippen LogP contribution in [-0.2, 0) is 12.8 Å².